The molecule has 0 aliphatic carbocycles. The molecule has 0 bridgehead atoms. The van der Waals surface area contributed by atoms with Crippen LogP contribution in [0.2, 0.25) is 5.02 Å². The predicted octanol–water partition coefficient (Wildman–Crippen LogP) is 6.04. The maximum Gasteiger partial charge on any atom is 0.247 e. The minimum atomic E-state index is -0.456. The molecule has 4 aromatic rings. The fourth-order valence-corrected chi connectivity index (χ4v) is 3.09. The number of nitrogens with one attached hydrogen (secondary N) is 1. The Bertz CT molecular complexity index is 1080. The van der Waals surface area contributed by atoms with E-state index in [1.165, 1.54) is 12.1 Å². The first kappa shape index (κ1) is 18.2. The molecule has 1 heterocycles. The fourth-order valence-electron chi connectivity index (χ4n) is 2.91. The minimum absolute atomic E-state index is 0.308. The zero-order chi connectivity index (χ0) is 19.5. The van der Waals surface area contributed by atoms with Crippen molar-refractivity contribution in [1.82, 2.24) is 10.2 Å². The lowest BCUT2D eigenvalue weighted by Crippen LogP contribution is -2.14. The average molecular weight is 394 g/mol. The quantitative estimate of drug-likeness (QED) is 0.449. The summed E-state index contributed by atoms with van der Waals surface area (Å²) in [4.78, 5) is 0. The zero-order valence-electron chi connectivity index (χ0n) is 15.1. The van der Waals surface area contributed by atoms with Gasteiger partial charge < -0.3 is 9.73 Å². The van der Waals surface area contributed by atoms with Crippen LogP contribution < -0.4 is 5.32 Å². The van der Waals surface area contributed by atoms with Crippen molar-refractivity contribution >= 4 is 17.3 Å². The molecule has 1 unspecified atom stereocenters. The molecule has 28 heavy (non-hydrogen) atoms. The molecule has 3 aromatic carbocycles. The summed E-state index contributed by atoms with van der Waals surface area (Å²) in [5, 5.41) is 12.5. The summed E-state index contributed by atoms with van der Waals surface area (Å²) in [7, 11) is 0. The lowest BCUT2D eigenvalue weighted by Gasteiger charge is -2.19. The van der Waals surface area contributed by atoms with Gasteiger partial charge in [-0.2, -0.15) is 0 Å². The summed E-state index contributed by atoms with van der Waals surface area (Å²) < 4.78 is 19.4. The highest BCUT2D eigenvalue weighted by molar-refractivity contribution is 6.31. The van der Waals surface area contributed by atoms with Crippen LogP contribution >= 0.6 is 11.6 Å². The van der Waals surface area contributed by atoms with Crippen molar-refractivity contribution in [3.8, 4) is 11.5 Å². The van der Waals surface area contributed by atoms with Crippen molar-refractivity contribution in [3.63, 3.8) is 0 Å². The van der Waals surface area contributed by atoms with Gasteiger partial charge in [0.25, 0.3) is 0 Å². The van der Waals surface area contributed by atoms with E-state index in [0.717, 1.165) is 22.4 Å². The topological polar surface area (TPSA) is 51.0 Å². The molecule has 0 aliphatic heterocycles. The highest BCUT2D eigenvalue weighted by atomic mass is 35.5. The van der Waals surface area contributed by atoms with E-state index < -0.39 is 6.04 Å². The molecule has 0 saturated heterocycles. The van der Waals surface area contributed by atoms with E-state index in [0.29, 0.717) is 16.8 Å². The van der Waals surface area contributed by atoms with E-state index in [1.54, 1.807) is 12.1 Å². The maximum atomic E-state index is 13.4. The molecule has 0 aliphatic rings. The van der Waals surface area contributed by atoms with Crippen LogP contribution in [0.5, 0.6) is 0 Å². The predicted molar refractivity (Wildman–Crippen MR) is 108 cm³/mol. The van der Waals surface area contributed by atoms with Gasteiger partial charge in [0.1, 0.15) is 11.9 Å². The van der Waals surface area contributed by atoms with E-state index in [4.69, 9.17) is 16.0 Å². The van der Waals surface area contributed by atoms with E-state index >= 15 is 0 Å². The Hall–Kier alpha value is -3.18. The van der Waals surface area contributed by atoms with Crippen LogP contribution in [0.1, 0.15) is 23.1 Å². The van der Waals surface area contributed by atoms with Crippen LogP contribution in [0.25, 0.3) is 11.5 Å². The number of nitrogens with zero attached hydrogens (tertiary/aromatic N) is 2. The van der Waals surface area contributed by atoms with Gasteiger partial charge in [0.05, 0.1) is 0 Å². The van der Waals surface area contributed by atoms with Crippen LogP contribution in [0.15, 0.2) is 77.2 Å². The van der Waals surface area contributed by atoms with Gasteiger partial charge in [0.15, 0.2) is 0 Å². The second-order valence-electron chi connectivity index (χ2n) is 6.35. The third-order valence-corrected chi connectivity index (χ3v) is 4.89. The third-order valence-electron chi connectivity index (χ3n) is 4.48. The molecule has 4 rings (SSSR count). The Kier molecular flexibility index (Phi) is 5.08. The van der Waals surface area contributed by atoms with E-state index in [2.05, 4.69) is 15.5 Å². The van der Waals surface area contributed by atoms with Crippen molar-refractivity contribution < 1.29 is 8.81 Å². The molecule has 1 N–H and O–H groups in total. The second-order valence-corrected chi connectivity index (χ2v) is 6.76. The SMILES string of the molecule is Cc1c(Cl)cccc1NC(c1ccc(F)cc1)c1nnc(-c2ccccc2)o1. The van der Waals surface area contributed by atoms with Gasteiger partial charge >= 0.3 is 0 Å². The van der Waals surface area contributed by atoms with Crippen LogP contribution in [0, 0.1) is 12.7 Å². The summed E-state index contributed by atoms with van der Waals surface area (Å²) in [5.41, 5.74) is 3.36. The number of aromatic nitrogens is 2. The van der Waals surface area contributed by atoms with Crippen LogP contribution in [-0.4, -0.2) is 10.2 Å². The molecule has 140 valence electrons. The molecule has 0 fully saturated rings. The molecular formula is C22H17ClFN3O. The second kappa shape index (κ2) is 7.82. The van der Waals surface area contributed by atoms with Gasteiger partial charge in [-0.25, -0.2) is 4.39 Å². The van der Waals surface area contributed by atoms with Crippen LogP contribution in [-0.2, 0) is 0 Å². The fraction of sp³-hybridized carbons (Fsp3) is 0.0909. The summed E-state index contributed by atoms with van der Waals surface area (Å²) in [6.45, 7) is 1.93. The standard InChI is InChI=1S/C22H17ClFN3O/c1-14-18(23)8-5-9-19(14)25-20(15-10-12-17(24)13-11-15)22-27-26-21(28-22)16-6-3-2-4-7-16/h2-13,20,25H,1H3. The highest BCUT2D eigenvalue weighted by Gasteiger charge is 2.22. The first-order valence-electron chi connectivity index (χ1n) is 8.78. The van der Waals surface area contributed by atoms with E-state index in [-0.39, 0.29) is 5.82 Å². The summed E-state index contributed by atoms with van der Waals surface area (Å²) in [6, 6.07) is 20.9. The molecule has 1 aromatic heterocycles. The Balaban J connectivity index is 1.74. The van der Waals surface area contributed by atoms with E-state index in [9.17, 15) is 4.39 Å². The molecule has 0 amide bonds. The van der Waals surface area contributed by atoms with Crippen molar-refractivity contribution in [2.45, 2.75) is 13.0 Å². The summed E-state index contributed by atoms with van der Waals surface area (Å²) in [5.74, 6) is 0.495. The first-order chi connectivity index (χ1) is 13.6. The summed E-state index contributed by atoms with van der Waals surface area (Å²) >= 11 is 6.25. The van der Waals surface area contributed by atoms with Crippen LogP contribution in [0.4, 0.5) is 10.1 Å². The Morgan fingerprint density at radius 2 is 1.68 bits per heavy atom. The summed E-state index contributed by atoms with van der Waals surface area (Å²) in [6.07, 6.45) is 0. The molecule has 6 heteroatoms. The maximum absolute atomic E-state index is 13.4. The molecular weight excluding hydrogens is 377 g/mol. The van der Waals surface area contributed by atoms with Gasteiger partial charge in [0.2, 0.25) is 11.8 Å². The van der Waals surface area contributed by atoms with Gasteiger partial charge in [-0.05, 0) is 54.4 Å². The molecule has 1 atom stereocenters. The lowest BCUT2D eigenvalue weighted by atomic mass is 10.1. The number of halogens is 2. The first-order valence-corrected chi connectivity index (χ1v) is 9.15. The largest absolute Gasteiger partial charge is 0.418 e. The number of anilines is 1. The number of benzene rings is 3. The average Bonchev–Trinajstić information content (AvgIpc) is 3.21. The van der Waals surface area contributed by atoms with E-state index in [1.807, 2.05) is 55.5 Å². The van der Waals surface area contributed by atoms with Gasteiger partial charge in [0, 0.05) is 16.3 Å². The van der Waals surface area contributed by atoms with Crippen LogP contribution in [0.3, 0.4) is 0 Å². The molecule has 0 spiro atoms. The minimum Gasteiger partial charge on any atom is -0.418 e. The monoisotopic (exact) mass is 393 g/mol. The normalized spacial score (nSPS) is 12.0. The van der Waals surface area contributed by atoms with Crippen molar-refractivity contribution in [2.24, 2.45) is 0 Å². The number of hydrogen-bond acceptors (Lipinski definition) is 4. The number of hydrogen-bond donors (Lipinski definition) is 1. The lowest BCUT2D eigenvalue weighted by molar-refractivity contribution is 0.493. The van der Waals surface area contributed by atoms with Crippen molar-refractivity contribution in [1.29, 1.82) is 0 Å². The molecule has 0 saturated carbocycles. The van der Waals surface area contributed by atoms with Crippen molar-refractivity contribution in [3.05, 3.63) is 101 Å². The zero-order valence-corrected chi connectivity index (χ0v) is 15.8. The number of rotatable bonds is 5. The third kappa shape index (κ3) is 3.75. The van der Waals surface area contributed by atoms with Gasteiger partial charge in [-0.15, -0.1) is 10.2 Å². The van der Waals surface area contributed by atoms with Crippen molar-refractivity contribution in [2.75, 3.05) is 5.32 Å². The van der Waals surface area contributed by atoms with Gasteiger partial charge in [-0.3, -0.25) is 0 Å². The Morgan fingerprint density at radius 1 is 0.929 bits per heavy atom. The van der Waals surface area contributed by atoms with Gasteiger partial charge in [-0.1, -0.05) is 48.0 Å². The molecule has 0 radical (unpaired) electrons. The Morgan fingerprint density at radius 3 is 2.43 bits per heavy atom. The highest BCUT2D eigenvalue weighted by Crippen LogP contribution is 2.31. The Labute approximate surface area is 167 Å². The smallest absolute Gasteiger partial charge is 0.247 e. The molecule has 4 nitrogen and oxygen atoms in total.